The van der Waals surface area contributed by atoms with E-state index in [9.17, 15) is 0 Å². The third kappa shape index (κ3) is 5.22. The molecule has 0 radical (unpaired) electrons. The van der Waals surface area contributed by atoms with Gasteiger partial charge in [0.15, 0.2) is 5.82 Å². The molecule has 0 saturated heterocycles. The predicted octanol–water partition coefficient (Wildman–Crippen LogP) is 15.1. The molecule has 9 aromatic carbocycles. The van der Waals surface area contributed by atoms with Crippen molar-refractivity contribution in [2.24, 2.45) is 0 Å². The molecule has 2 heteroatoms. The maximum absolute atomic E-state index is 5.55. The second kappa shape index (κ2) is 13.3. The average molecular weight is 779 g/mol. The van der Waals surface area contributed by atoms with Gasteiger partial charge in [0.05, 0.1) is 11.4 Å². The Hall–Kier alpha value is -7.42. The molecule has 0 aliphatic heterocycles. The van der Waals surface area contributed by atoms with E-state index in [4.69, 9.17) is 9.97 Å². The minimum Gasteiger partial charge on any atom is -0.228 e. The molecular weight excluding hydrogens is 737 g/mol. The number of hydrogen-bond acceptors (Lipinski definition) is 2. The van der Waals surface area contributed by atoms with Crippen LogP contribution in [0.4, 0.5) is 0 Å². The molecule has 1 heterocycles. The van der Waals surface area contributed by atoms with Crippen molar-refractivity contribution in [2.45, 2.75) is 31.6 Å². The first-order valence-electron chi connectivity index (χ1n) is 21.3. The summed E-state index contributed by atoms with van der Waals surface area (Å²) in [6, 6.07) is 73.0. The topological polar surface area (TPSA) is 25.8 Å². The largest absolute Gasteiger partial charge is 0.228 e. The lowest BCUT2D eigenvalue weighted by atomic mass is 9.74. The zero-order chi connectivity index (χ0) is 40.9. The lowest BCUT2D eigenvalue weighted by Crippen LogP contribution is -2.22. The van der Waals surface area contributed by atoms with E-state index in [0.717, 1.165) is 33.5 Å². The Morgan fingerprint density at radius 2 is 0.918 bits per heavy atom. The Kier molecular flexibility index (Phi) is 7.74. The molecule has 2 aliphatic rings. The van der Waals surface area contributed by atoms with Crippen LogP contribution in [0.3, 0.4) is 0 Å². The van der Waals surface area contributed by atoms with Crippen LogP contribution in [-0.4, -0.2) is 9.97 Å². The number of hydrogen-bond donors (Lipinski definition) is 0. The fourth-order valence-corrected chi connectivity index (χ4v) is 10.8. The molecule has 61 heavy (non-hydrogen) atoms. The van der Waals surface area contributed by atoms with Crippen LogP contribution in [0.2, 0.25) is 0 Å². The number of fused-ring (bicyclic) bond motifs is 8. The van der Waals surface area contributed by atoms with Crippen molar-refractivity contribution in [1.29, 1.82) is 0 Å². The van der Waals surface area contributed by atoms with Crippen molar-refractivity contribution >= 4 is 21.5 Å². The molecule has 0 fully saturated rings. The molecule has 0 N–H and O–H groups in total. The molecule has 288 valence electrons. The first-order chi connectivity index (χ1) is 29.9. The van der Waals surface area contributed by atoms with Crippen molar-refractivity contribution in [3.05, 3.63) is 228 Å². The predicted molar refractivity (Wildman–Crippen MR) is 254 cm³/mol. The van der Waals surface area contributed by atoms with Crippen LogP contribution in [0.5, 0.6) is 0 Å². The summed E-state index contributed by atoms with van der Waals surface area (Å²) >= 11 is 0. The molecule has 1 unspecified atom stereocenters. The second-order valence-electron chi connectivity index (χ2n) is 17.4. The minimum absolute atomic E-state index is 0.182. The lowest BCUT2D eigenvalue weighted by Gasteiger charge is -2.28. The maximum Gasteiger partial charge on any atom is 0.161 e. The quantitative estimate of drug-likeness (QED) is 0.174. The zero-order valence-corrected chi connectivity index (χ0v) is 34.4. The van der Waals surface area contributed by atoms with Crippen LogP contribution in [0.15, 0.2) is 200 Å². The molecule has 0 saturated carbocycles. The molecule has 12 rings (SSSR count). The molecular formula is C59H42N2. The van der Waals surface area contributed by atoms with Gasteiger partial charge in [0.25, 0.3) is 0 Å². The molecule has 0 amide bonds. The summed E-state index contributed by atoms with van der Waals surface area (Å²) in [5, 5.41) is 4.88. The van der Waals surface area contributed by atoms with Gasteiger partial charge < -0.3 is 0 Å². The van der Waals surface area contributed by atoms with Gasteiger partial charge in [0.1, 0.15) is 0 Å². The van der Waals surface area contributed by atoms with Gasteiger partial charge in [-0.15, -0.1) is 0 Å². The van der Waals surface area contributed by atoms with Gasteiger partial charge in [-0.1, -0.05) is 190 Å². The van der Waals surface area contributed by atoms with Crippen LogP contribution >= 0.6 is 0 Å². The second-order valence-corrected chi connectivity index (χ2v) is 17.4. The zero-order valence-electron chi connectivity index (χ0n) is 34.4. The Morgan fingerprint density at radius 1 is 0.361 bits per heavy atom. The molecule has 0 spiro atoms. The average Bonchev–Trinajstić information content (AvgIpc) is 3.72. The summed E-state index contributed by atoms with van der Waals surface area (Å²) in [5.41, 5.74) is 18.8. The summed E-state index contributed by atoms with van der Waals surface area (Å²) in [6.07, 6.45) is 0. The minimum atomic E-state index is -0.311. The third-order valence-corrected chi connectivity index (χ3v) is 13.8. The van der Waals surface area contributed by atoms with Crippen LogP contribution in [-0.2, 0) is 10.8 Å². The molecule has 0 bridgehead atoms. The third-order valence-electron chi connectivity index (χ3n) is 13.8. The highest BCUT2D eigenvalue weighted by atomic mass is 14.9. The van der Waals surface area contributed by atoms with Crippen molar-refractivity contribution < 1.29 is 0 Å². The van der Waals surface area contributed by atoms with Crippen LogP contribution in [0.1, 0.15) is 48.6 Å². The van der Waals surface area contributed by atoms with E-state index in [1.165, 1.54) is 77.4 Å². The van der Waals surface area contributed by atoms with E-state index >= 15 is 0 Å². The molecule has 2 aliphatic carbocycles. The van der Waals surface area contributed by atoms with Crippen molar-refractivity contribution in [1.82, 2.24) is 9.97 Å². The number of benzene rings is 9. The molecule has 1 aromatic heterocycles. The van der Waals surface area contributed by atoms with Gasteiger partial charge in [0.2, 0.25) is 0 Å². The molecule has 1 atom stereocenters. The normalized spacial score (nSPS) is 15.7. The van der Waals surface area contributed by atoms with Crippen LogP contribution in [0.25, 0.3) is 88.8 Å². The van der Waals surface area contributed by atoms with Gasteiger partial charge in [-0.3, -0.25) is 0 Å². The summed E-state index contributed by atoms with van der Waals surface area (Å²) in [7, 11) is 0. The summed E-state index contributed by atoms with van der Waals surface area (Å²) in [5.74, 6) is 0.714. The highest BCUT2D eigenvalue weighted by Crippen LogP contribution is 2.56. The van der Waals surface area contributed by atoms with Gasteiger partial charge in [-0.2, -0.15) is 0 Å². The summed E-state index contributed by atoms with van der Waals surface area (Å²) < 4.78 is 0. The van der Waals surface area contributed by atoms with Crippen LogP contribution in [0, 0.1) is 0 Å². The summed E-state index contributed by atoms with van der Waals surface area (Å²) in [6.45, 7) is 7.14. The van der Waals surface area contributed by atoms with Crippen molar-refractivity contribution in [3.63, 3.8) is 0 Å². The van der Waals surface area contributed by atoms with E-state index < -0.39 is 0 Å². The SMILES string of the molecule is CC1(C)c2cc3ccccc3cc2-c2cccc(-c3ccc(-c4nc(-c5ccccc5)cc(-c5cccc6c5-c5ccccc5C6(C)c5ccccc5)n4)c4ccccc34)c21. The molecule has 10 aromatic rings. The Bertz CT molecular complexity index is 3400. The van der Waals surface area contributed by atoms with Crippen molar-refractivity contribution in [2.75, 3.05) is 0 Å². The smallest absolute Gasteiger partial charge is 0.161 e. The van der Waals surface area contributed by atoms with Crippen molar-refractivity contribution in [3.8, 4) is 67.3 Å². The first kappa shape index (κ1) is 35.5. The van der Waals surface area contributed by atoms with Crippen LogP contribution < -0.4 is 0 Å². The van der Waals surface area contributed by atoms with Gasteiger partial charge >= 0.3 is 0 Å². The Balaban J connectivity index is 1.06. The number of nitrogens with zero attached hydrogens (tertiary/aromatic N) is 2. The highest BCUT2D eigenvalue weighted by molar-refractivity contribution is 6.07. The van der Waals surface area contributed by atoms with E-state index in [1.807, 2.05) is 0 Å². The van der Waals surface area contributed by atoms with E-state index in [0.29, 0.717) is 5.82 Å². The number of rotatable bonds is 5. The van der Waals surface area contributed by atoms with Gasteiger partial charge in [0, 0.05) is 27.5 Å². The number of aromatic nitrogens is 2. The van der Waals surface area contributed by atoms with E-state index in [1.54, 1.807) is 0 Å². The fraction of sp³-hybridized carbons (Fsp3) is 0.0847. The summed E-state index contributed by atoms with van der Waals surface area (Å²) in [4.78, 5) is 10.9. The monoisotopic (exact) mass is 778 g/mol. The Morgan fingerprint density at radius 3 is 1.70 bits per heavy atom. The molecule has 2 nitrogen and oxygen atoms in total. The Labute approximate surface area is 356 Å². The standard InChI is InChI=1S/C59H42N2/c1-58(2)52-35-39-21-11-10-20-38(39)34-49(52)45-28-16-27-44(56(45)58)43-32-33-46(42-25-13-12-24-41(42)43)57-60-53(37-18-6-4-7-19-37)36-54(61-57)48-29-17-31-51-55(48)47-26-14-15-30-50(47)59(51,3)40-22-8-5-9-23-40/h4-36H,1-3H3. The first-order valence-corrected chi connectivity index (χ1v) is 21.3. The van der Waals surface area contributed by atoms with E-state index in [2.05, 4.69) is 221 Å². The lowest BCUT2D eigenvalue weighted by molar-refractivity contribution is 0.663. The maximum atomic E-state index is 5.55. The fourth-order valence-electron chi connectivity index (χ4n) is 10.8. The van der Waals surface area contributed by atoms with Gasteiger partial charge in [-0.05, 0) is 114 Å². The highest BCUT2D eigenvalue weighted by Gasteiger charge is 2.42. The van der Waals surface area contributed by atoms with Gasteiger partial charge in [-0.25, -0.2) is 9.97 Å². The van der Waals surface area contributed by atoms with E-state index in [-0.39, 0.29) is 10.8 Å².